The highest BCUT2D eigenvalue weighted by Gasteiger charge is 2.23. The molecule has 0 heterocycles. The highest BCUT2D eigenvalue weighted by molar-refractivity contribution is 6.10. The van der Waals surface area contributed by atoms with Crippen LogP contribution in [0.3, 0.4) is 0 Å². The number of Topliss-reactive ketones (excluding diaryl/α,β-unsaturated/α-hetero) is 1. The van der Waals surface area contributed by atoms with Crippen LogP contribution in [0.4, 0.5) is 0 Å². The molecule has 0 N–H and O–H groups in total. The number of ketones is 3. The molecule has 0 saturated heterocycles. The van der Waals surface area contributed by atoms with Crippen molar-refractivity contribution in [3.05, 3.63) is 232 Å². The van der Waals surface area contributed by atoms with Gasteiger partial charge in [-0.25, -0.2) is 0 Å². The van der Waals surface area contributed by atoms with Crippen molar-refractivity contribution in [2.75, 3.05) is 0 Å². The Labute approximate surface area is 383 Å². The first-order valence-corrected chi connectivity index (χ1v) is 21.4. The molecule has 3 atom stereocenters. The predicted molar refractivity (Wildman–Crippen MR) is 253 cm³/mol. The minimum Gasteiger partial charge on any atom is -0.426 e. The zero-order chi connectivity index (χ0) is 46.7. The summed E-state index contributed by atoms with van der Waals surface area (Å²) in [6, 6.07) is 50.0. The normalized spacial score (nSPS) is 12.4. The third-order valence-electron chi connectivity index (χ3n) is 11.1. The Morgan fingerprint density at radius 3 is 1.15 bits per heavy atom. The molecular formula is C57H46O9. The van der Waals surface area contributed by atoms with Crippen molar-refractivity contribution in [1.82, 2.24) is 0 Å². The molecule has 0 aliphatic heterocycles. The Morgan fingerprint density at radius 2 is 0.727 bits per heavy atom. The summed E-state index contributed by atoms with van der Waals surface area (Å²) in [7, 11) is 0. The summed E-state index contributed by atoms with van der Waals surface area (Å²) in [5, 5.41) is 0. The van der Waals surface area contributed by atoms with Gasteiger partial charge in [-0.3, -0.25) is 28.8 Å². The van der Waals surface area contributed by atoms with Crippen molar-refractivity contribution in [3.8, 4) is 17.2 Å². The number of benzene rings is 7. The Morgan fingerprint density at radius 1 is 0.364 bits per heavy atom. The van der Waals surface area contributed by atoms with Crippen LogP contribution in [0, 0.1) is 0 Å². The summed E-state index contributed by atoms with van der Waals surface area (Å²) in [6.07, 6.45) is 3.55. The number of ether oxygens (including phenoxy) is 3. The average molecular weight is 875 g/mol. The minimum atomic E-state index is -0.767. The summed E-state index contributed by atoms with van der Waals surface area (Å²) in [5.74, 6) is -3.70. The Kier molecular flexibility index (Phi) is 14.5. The standard InChI is InChI=1S/C57H46O9/c1-36(44-18-11-21-47(32-44)39(4)58)56(62)65-51-30-41(31-52(35-51)66-57(63)38(3)46-20-13-23-49(34-46)54(60)43-16-9-6-10-17-43)25-24-40-26-28-50(29-27-40)64-55(61)37(2)45-19-12-22-48(33-45)53(59)42-14-7-5-8-15-42/h5-38H,1-4H3/b25-24+. The van der Waals surface area contributed by atoms with Gasteiger partial charge in [-0.05, 0) is 98.0 Å². The number of carbonyl (C=O) groups is 6. The monoisotopic (exact) mass is 874 g/mol. The second-order valence-electron chi connectivity index (χ2n) is 15.9. The van der Waals surface area contributed by atoms with Crippen molar-refractivity contribution < 1.29 is 43.0 Å². The molecule has 0 aromatic heterocycles. The van der Waals surface area contributed by atoms with Crippen LogP contribution in [-0.2, 0) is 14.4 Å². The fourth-order valence-electron chi connectivity index (χ4n) is 7.11. The molecule has 328 valence electrons. The molecule has 9 heteroatoms. The van der Waals surface area contributed by atoms with Gasteiger partial charge in [0.1, 0.15) is 17.2 Å². The van der Waals surface area contributed by atoms with E-state index in [1.54, 1.807) is 191 Å². The van der Waals surface area contributed by atoms with Crippen LogP contribution in [0.15, 0.2) is 176 Å². The first-order chi connectivity index (χ1) is 31.8. The van der Waals surface area contributed by atoms with Crippen molar-refractivity contribution in [2.24, 2.45) is 0 Å². The molecule has 0 aliphatic carbocycles. The van der Waals surface area contributed by atoms with Gasteiger partial charge in [-0.15, -0.1) is 0 Å². The maximum Gasteiger partial charge on any atom is 0.318 e. The molecule has 0 saturated carbocycles. The summed E-state index contributed by atoms with van der Waals surface area (Å²) < 4.78 is 17.5. The molecule has 0 fully saturated rings. The number of rotatable bonds is 16. The predicted octanol–water partition coefficient (Wildman–Crippen LogP) is 11.6. The molecule has 0 radical (unpaired) electrons. The Bertz CT molecular complexity index is 2950. The second-order valence-corrected chi connectivity index (χ2v) is 15.9. The fraction of sp³-hybridized carbons (Fsp3) is 0.123. The molecule has 7 aromatic carbocycles. The molecule has 0 aliphatic rings. The van der Waals surface area contributed by atoms with E-state index in [2.05, 4.69) is 0 Å². The minimum absolute atomic E-state index is 0.117. The van der Waals surface area contributed by atoms with Crippen LogP contribution in [0.5, 0.6) is 17.2 Å². The van der Waals surface area contributed by atoms with E-state index >= 15 is 0 Å². The van der Waals surface area contributed by atoms with E-state index in [1.165, 1.54) is 13.0 Å². The number of carbonyl (C=O) groups excluding carboxylic acids is 6. The van der Waals surface area contributed by atoms with Crippen molar-refractivity contribution in [1.29, 1.82) is 0 Å². The molecule has 66 heavy (non-hydrogen) atoms. The molecule has 3 unspecified atom stereocenters. The molecule has 9 nitrogen and oxygen atoms in total. The third kappa shape index (κ3) is 11.4. The summed E-state index contributed by atoms with van der Waals surface area (Å²) in [5.41, 5.74) is 5.58. The lowest BCUT2D eigenvalue weighted by Gasteiger charge is -2.15. The largest absolute Gasteiger partial charge is 0.426 e. The number of esters is 3. The third-order valence-corrected chi connectivity index (χ3v) is 11.1. The van der Waals surface area contributed by atoms with Gasteiger partial charge >= 0.3 is 17.9 Å². The SMILES string of the molecule is CC(=O)c1cccc(C(C)C(=O)Oc2cc(/C=C/c3ccc(OC(=O)C(C)c4cccc(C(=O)c5ccccc5)c4)cc3)cc(OC(=O)C(C)c3cccc(C(=O)c4ccccc4)c3)c2)c1. The van der Waals surface area contributed by atoms with Gasteiger partial charge in [0, 0.05) is 33.9 Å². The zero-order valence-corrected chi connectivity index (χ0v) is 36.8. The first kappa shape index (κ1) is 45.7. The van der Waals surface area contributed by atoms with Gasteiger partial charge in [-0.1, -0.05) is 140 Å². The van der Waals surface area contributed by atoms with Crippen LogP contribution in [0.25, 0.3) is 12.2 Å². The van der Waals surface area contributed by atoms with E-state index in [0.717, 1.165) is 5.56 Å². The van der Waals surface area contributed by atoms with Gasteiger partial charge < -0.3 is 14.2 Å². The Hall–Kier alpha value is -8.30. The van der Waals surface area contributed by atoms with E-state index in [-0.39, 0.29) is 28.8 Å². The van der Waals surface area contributed by atoms with Crippen LogP contribution < -0.4 is 14.2 Å². The molecule has 7 rings (SSSR count). The summed E-state index contributed by atoms with van der Waals surface area (Å²) >= 11 is 0. The van der Waals surface area contributed by atoms with Crippen LogP contribution >= 0.6 is 0 Å². The van der Waals surface area contributed by atoms with Gasteiger partial charge in [0.25, 0.3) is 0 Å². The van der Waals surface area contributed by atoms with Crippen LogP contribution in [0.1, 0.15) is 115 Å². The lowest BCUT2D eigenvalue weighted by Crippen LogP contribution is -2.18. The number of hydrogen-bond acceptors (Lipinski definition) is 9. The van der Waals surface area contributed by atoms with Gasteiger partial charge in [0.2, 0.25) is 0 Å². The molecule has 0 amide bonds. The van der Waals surface area contributed by atoms with Crippen LogP contribution in [-0.4, -0.2) is 35.3 Å². The van der Waals surface area contributed by atoms with E-state index in [0.29, 0.717) is 55.8 Å². The highest BCUT2D eigenvalue weighted by atomic mass is 16.5. The van der Waals surface area contributed by atoms with Crippen LogP contribution in [0.2, 0.25) is 0 Å². The zero-order valence-electron chi connectivity index (χ0n) is 36.8. The van der Waals surface area contributed by atoms with E-state index < -0.39 is 35.7 Å². The lowest BCUT2D eigenvalue weighted by molar-refractivity contribution is -0.136. The van der Waals surface area contributed by atoms with E-state index in [9.17, 15) is 28.8 Å². The highest BCUT2D eigenvalue weighted by Crippen LogP contribution is 2.30. The van der Waals surface area contributed by atoms with Crippen molar-refractivity contribution in [3.63, 3.8) is 0 Å². The Balaban J connectivity index is 1.07. The van der Waals surface area contributed by atoms with Gasteiger partial charge in [0.05, 0.1) is 17.8 Å². The summed E-state index contributed by atoms with van der Waals surface area (Å²) in [6.45, 7) is 6.54. The summed E-state index contributed by atoms with van der Waals surface area (Å²) in [4.78, 5) is 78.7. The number of hydrogen-bond donors (Lipinski definition) is 0. The average Bonchev–Trinajstić information content (AvgIpc) is 3.35. The van der Waals surface area contributed by atoms with Gasteiger partial charge in [-0.2, -0.15) is 0 Å². The molecule has 0 bridgehead atoms. The lowest BCUT2D eigenvalue weighted by atomic mass is 9.96. The van der Waals surface area contributed by atoms with Gasteiger partial charge in [0.15, 0.2) is 17.3 Å². The topological polar surface area (TPSA) is 130 Å². The molecule has 0 spiro atoms. The maximum absolute atomic E-state index is 13.7. The van der Waals surface area contributed by atoms with E-state index in [4.69, 9.17) is 14.2 Å². The van der Waals surface area contributed by atoms with Crippen molar-refractivity contribution in [2.45, 2.75) is 45.4 Å². The van der Waals surface area contributed by atoms with Crippen molar-refractivity contribution >= 4 is 47.4 Å². The molecule has 7 aromatic rings. The van der Waals surface area contributed by atoms with E-state index in [1.807, 2.05) is 12.1 Å². The first-order valence-electron chi connectivity index (χ1n) is 21.4. The quantitative estimate of drug-likeness (QED) is 0.0403. The second kappa shape index (κ2) is 20.9. The smallest absolute Gasteiger partial charge is 0.318 e. The fourth-order valence-corrected chi connectivity index (χ4v) is 7.11. The molecular weight excluding hydrogens is 829 g/mol. The maximum atomic E-state index is 13.7.